The maximum atomic E-state index is 11.6. The first kappa shape index (κ1) is 16.9. The molecule has 0 aromatic carbocycles. The average Bonchev–Trinajstić information content (AvgIpc) is 2.17. The number of carbonyl (C=O) groups is 2. The number of hydrogen-bond donors (Lipinski definition) is 2. The summed E-state index contributed by atoms with van der Waals surface area (Å²) in [6.07, 6.45) is 6.13. The van der Waals surface area contributed by atoms with Gasteiger partial charge in [-0.05, 0) is 25.7 Å². The zero-order valence-corrected chi connectivity index (χ0v) is 13.2. The number of allylic oxidation sites excluding steroid dienone is 4. The van der Waals surface area contributed by atoms with Crippen molar-refractivity contribution in [2.45, 2.75) is 25.7 Å². The van der Waals surface area contributed by atoms with E-state index in [4.69, 9.17) is 0 Å². The molecule has 0 aliphatic heterocycles. The third-order valence-electron chi connectivity index (χ3n) is 3.07. The Labute approximate surface area is 126 Å². The van der Waals surface area contributed by atoms with E-state index < -0.39 is 27.1 Å². The second kappa shape index (κ2) is 6.34. The highest BCUT2D eigenvalue weighted by atomic mass is 31.2. The molecule has 0 saturated carbocycles. The molecule has 2 aliphatic carbocycles. The predicted octanol–water partition coefficient (Wildman–Crippen LogP) is 2.36. The van der Waals surface area contributed by atoms with E-state index in [-0.39, 0.29) is 10.6 Å². The van der Waals surface area contributed by atoms with E-state index in [0.717, 1.165) is 0 Å². The molecule has 120 valence electrons. The van der Waals surface area contributed by atoms with Crippen molar-refractivity contribution in [3.05, 3.63) is 34.9 Å². The molecular weight excluding hydrogens is 334 g/mol. The van der Waals surface area contributed by atoms with Crippen LogP contribution >= 0.6 is 15.2 Å². The Balaban J connectivity index is 1.88. The highest BCUT2D eigenvalue weighted by molar-refractivity contribution is 7.58. The maximum Gasteiger partial charge on any atom is 0.406 e. The minimum atomic E-state index is -4.17. The van der Waals surface area contributed by atoms with Gasteiger partial charge >= 0.3 is 27.1 Å². The SMILES string of the molecule is O=C(/C=C\C(=O)OP(=O)(O)C1=CCC1)OP(=O)(O)C1=CCC1. The first-order valence-corrected chi connectivity index (χ1v) is 9.56. The monoisotopic (exact) mass is 348 g/mol. The van der Waals surface area contributed by atoms with Crippen LogP contribution in [0.2, 0.25) is 0 Å². The zero-order chi connectivity index (χ0) is 16.4. The van der Waals surface area contributed by atoms with Crippen LogP contribution in [-0.2, 0) is 27.8 Å². The van der Waals surface area contributed by atoms with E-state index in [9.17, 15) is 28.5 Å². The minimum absolute atomic E-state index is 0.147. The minimum Gasteiger partial charge on any atom is -0.385 e. The van der Waals surface area contributed by atoms with Crippen molar-refractivity contribution >= 4 is 27.1 Å². The lowest BCUT2D eigenvalue weighted by atomic mass is 10.1. The Hall–Kier alpha value is -1.46. The molecule has 8 nitrogen and oxygen atoms in total. The lowest BCUT2D eigenvalue weighted by molar-refractivity contribution is -0.132. The molecule has 0 aromatic rings. The standard InChI is InChI=1S/C12H14O8P2/c13-11(19-21(15,16)9-3-1-4-9)7-8-12(14)20-22(17,18)10-5-2-6-10/h3,5,7-8H,1-2,4,6H2,(H,15,16)(H,17,18)/b8-7-. The topological polar surface area (TPSA) is 127 Å². The van der Waals surface area contributed by atoms with Crippen LogP contribution in [0.25, 0.3) is 0 Å². The van der Waals surface area contributed by atoms with Crippen molar-refractivity contribution in [3.8, 4) is 0 Å². The number of hydrogen-bond acceptors (Lipinski definition) is 6. The fourth-order valence-corrected chi connectivity index (χ4v) is 4.01. The number of carbonyl (C=O) groups excluding carboxylic acids is 2. The predicted molar refractivity (Wildman–Crippen MR) is 75.6 cm³/mol. The molecule has 0 spiro atoms. The lowest BCUT2D eigenvalue weighted by Crippen LogP contribution is -2.06. The van der Waals surface area contributed by atoms with Crippen LogP contribution in [0.5, 0.6) is 0 Å². The van der Waals surface area contributed by atoms with Crippen molar-refractivity contribution in [1.82, 2.24) is 0 Å². The molecule has 2 atom stereocenters. The molecule has 0 saturated heterocycles. The largest absolute Gasteiger partial charge is 0.406 e. The molecular formula is C12H14O8P2. The fraction of sp³-hybridized carbons (Fsp3) is 0.333. The van der Waals surface area contributed by atoms with Gasteiger partial charge in [-0.3, -0.25) is 0 Å². The first-order valence-electron chi connectivity index (χ1n) is 6.41. The van der Waals surface area contributed by atoms with Gasteiger partial charge in [-0.25, -0.2) is 18.7 Å². The molecule has 0 amide bonds. The van der Waals surface area contributed by atoms with Crippen LogP contribution in [0.1, 0.15) is 25.7 Å². The smallest absolute Gasteiger partial charge is 0.385 e. The fourth-order valence-electron chi connectivity index (χ4n) is 1.62. The summed E-state index contributed by atoms with van der Waals surface area (Å²) < 4.78 is 32.0. The van der Waals surface area contributed by atoms with Gasteiger partial charge in [-0.2, -0.15) is 0 Å². The molecule has 0 radical (unpaired) electrons. The second-order valence-electron chi connectivity index (χ2n) is 4.66. The van der Waals surface area contributed by atoms with Crippen LogP contribution in [0.4, 0.5) is 0 Å². The van der Waals surface area contributed by atoms with Gasteiger partial charge in [-0.1, -0.05) is 12.2 Å². The van der Waals surface area contributed by atoms with E-state index >= 15 is 0 Å². The van der Waals surface area contributed by atoms with E-state index in [0.29, 0.717) is 37.8 Å². The van der Waals surface area contributed by atoms with Crippen LogP contribution in [0, 0.1) is 0 Å². The third-order valence-corrected chi connectivity index (χ3v) is 6.19. The van der Waals surface area contributed by atoms with Crippen molar-refractivity contribution in [1.29, 1.82) is 0 Å². The van der Waals surface area contributed by atoms with Gasteiger partial charge in [-0.15, -0.1) is 0 Å². The summed E-state index contributed by atoms with van der Waals surface area (Å²) in [4.78, 5) is 41.7. The van der Waals surface area contributed by atoms with Crippen molar-refractivity contribution in [2.75, 3.05) is 0 Å². The van der Waals surface area contributed by atoms with Crippen molar-refractivity contribution in [3.63, 3.8) is 0 Å². The third kappa shape index (κ3) is 4.05. The zero-order valence-electron chi connectivity index (χ0n) is 11.4. The van der Waals surface area contributed by atoms with Gasteiger partial charge in [0.05, 0.1) is 0 Å². The van der Waals surface area contributed by atoms with Crippen molar-refractivity contribution in [2.24, 2.45) is 0 Å². The first-order chi connectivity index (χ1) is 10.2. The van der Waals surface area contributed by atoms with Gasteiger partial charge in [0, 0.05) is 22.8 Å². The second-order valence-corrected chi connectivity index (χ2v) is 8.26. The summed E-state index contributed by atoms with van der Waals surface area (Å²) in [5.74, 6) is -2.43. The van der Waals surface area contributed by atoms with E-state index in [1.54, 1.807) is 0 Å². The number of rotatable bonds is 6. The van der Waals surface area contributed by atoms with Crippen LogP contribution in [0.3, 0.4) is 0 Å². The molecule has 22 heavy (non-hydrogen) atoms. The molecule has 0 bridgehead atoms. The van der Waals surface area contributed by atoms with Gasteiger partial charge in [0.25, 0.3) is 0 Å². The summed E-state index contributed by atoms with van der Waals surface area (Å²) in [7, 11) is -8.34. The molecule has 2 unspecified atom stereocenters. The molecule has 2 aliphatic rings. The summed E-state index contributed by atoms with van der Waals surface area (Å²) in [5.41, 5.74) is 0. The van der Waals surface area contributed by atoms with Crippen LogP contribution < -0.4 is 0 Å². The summed E-state index contributed by atoms with van der Waals surface area (Å²) in [6, 6.07) is 0. The quantitative estimate of drug-likeness (QED) is 0.553. The van der Waals surface area contributed by atoms with E-state index in [1.807, 2.05) is 0 Å². The molecule has 2 rings (SSSR count). The Morgan fingerprint density at radius 2 is 1.23 bits per heavy atom. The Morgan fingerprint density at radius 3 is 1.45 bits per heavy atom. The van der Waals surface area contributed by atoms with Crippen LogP contribution in [0.15, 0.2) is 34.9 Å². The summed E-state index contributed by atoms with van der Waals surface area (Å²) in [6.45, 7) is 0. The summed E-state index contributed by atoms with van der Waals surface area (Å²) >= 11 is 0. The molecule has 0 aromatic heterocycles. The van der Waals surface area contributed by atoms with Gasteiger partial charge in [0.1, 0.15) is 0 Å². The molecule has 0 fully saturated rings. The molecule has 2 N–H and O–H groups in total. The average molecular weight is 348 g/mol. The summed E-state index contributed by atoms with van der Waals surface area (Å²) in [5, 5.41) is 0.294. The lowest BCUT2D eigenvalue weighted by Gasteiger charge is -2.19. The Morgan fingerprint density at radius 1 is 0.909 bits per heavy atom. The van der Waals surface area contributed by atoms with E-state index in [2.05, 4.69) is 9.05 Å². The Bertz CT molecular complexity index is 629. The van der Waals surface area contributed by atoms with Gasteiger partial charge < -0.3 is 18.8 Å². The molecule has 0 heterocycles. The molecule has 10 heteroatoms. The van der Waals surface area contributed by atoms with Gasteiger partial charge in [0.2, 0.25) is 0 Å². The van der Waals surface area contributed by atoms with Gasteiger partial charge in [0.15, 0.2) is 0 Å². The van der Waals surface area contributed by atoms with Crippen LogP contribution in [-0.4, -0.2) is 21.7 Å². The van der Waals surface area contributed by atoms with E-state index in [1.165, 1.54) is 12.2 Å². The Kier molecular flexibility index (Phi) is 4.87. The highest BCUT2D eigenvalue weighted by Gasteiger charge is 2.33. The maximum absolute atomic E-state index is 11.6. The normalized spacial score (nSPS) is 22.3. The van der Waals surface area contributed by atoms with Crippen molar-refractivity contribution < 1.29 is 37.6 Å². The highest BCUT2D eigenvalue weighted by Crippen LogP contribution is 2.57.